The second kappa shape index (κ2) is 6.10. The Morgan fingerprint density at radius 2 is 1.63 bits per heavy atom. The summed E-state index contributed by atoms with van der Waals surface area (Å²) < 4.78 is 2.19. The SMILES string of the molecule is c1ccc2c(c1)Cc1c-2ccc2c1-c1cc3c4cccnc4n4c5ccncc5nc4c3cc1C2. The average Bonchev–Trinajstić information content (AvgIpc) is 3.58. The maximum Gasteiger partial charge on any atom is 0.147 e. The quantitative estimate of drug-likeness (QED) is 0.243. The molecule has 4 nitrogen and oxygen atoms in total. The van der Waals surface area contributed by atoms with Crippen molar-refractivity contribution in [3.8, 4) is 22.3 Å². The fourth-order valence-electron chi connectivity index (χ4n) is 6.49. The standard InChI is InChI=1S/C31H18N4/c1-2-5-20-17(4-1)13-25-21(20)8-7-18-12-19-14-26-24(15-23(19)29(18)25)22-6-3-10-33-30(22)35-28-9-11-32-16-27(28)34-31(26)35/h1-11,14-16H,12-13H2. The number of fused-ring (bicyclic) bond motifs is 15. The van der Waals surface area contributed by atoms with E-state index in [0.717, 1.165) is 40.6 Å². The van der Waals surface area contributed by atoms with Crippen LogP contribution in [0.4, 0.5) is 0 Å². The van der Waals surface area contributed by atoms with Crippen LogP contribution in [0.1, 0.15) is 22.3 Å². The lowest BCUT2D eigenvalue weighted by Crippen LogP contribution is -1.95. The number of nitrogens with zero attached hydrogens (tertiary/aromatic N) is 4. The van der Waals surface area contributed by atoms with Gasteiger partial charge in [-0.25, -0.2) is 9.97 Å². The molecule has 4 heterocycles. The number of imidazole rings is 1. The van der Waals surface area contributed by atoms with Crippen molar-refractivity contribution in [1.82, 2.24) is 19.4 Å². The lowest BCUT2D eigenvalue weighted by molar-refractivity contribution is 1.22. The molecular formula is C31H18N4. The second-order valence-electron chi connectivity index (χ2n) is 9.70. The Balaban J connectivity index is 1.41. The van der Waals surface area contributed by atoms with Crippen LogP contribution in [0.3, 0.4) is 0 Å². The third-order valence-electron chi connectivity index (χ3n) is 7.95. The van der Waals surface area contributed by atoms with Gasteiger partial charge in [0.2, 0.25) is 0 Å². The van der Waals surface area contributed by atoms with Gasteiger partial charge in [-0.1, -0.05) is 36.4 Å². The molecule has 7 aromatic rings. The van der Waals surface area contributed by atoms with Gasteiger partial charge < -0.3 is 0 Å². The lowest BCUT2D eigenvalue weighted by Gasteiger charge is -2.12. The fourth-order valence-corrected chi connectivity index (χ4v) is 6.49. The minimum atomic E-state index is 0.895. The molecule has 2 aliphatic rings. The Kier molecular flexibility index (Phi) is 3.11. The molecule has 0 fully saturated rings. The molecule has 4 heteroatoms. The smallest absolute Gasteiger partial charge is 0.147 e. The van der Waals surface area contributed by atoms with Crippen molar-refractivity contribution in [2.75, 3.05) is 0 Å². The van der Waals surface area contributed by atoms with E-state index in [4.69, 9.17) is 9.97 Å². The minimum absolute atomic E-state index is 0.895. The van der Waals surface area contributed by atoms with Crippen molar-refractivity contribution in [3.05, 3.63) is 108 Å². The molecule has 3 aromatic carbocycles. The van der Waals surface area contributed by atoms with Crippen molar-refractivity contribution in [2.45, 2.75) is 12.8 Å². The molecule has 0 spiro atoms. The summed E-state index contributed by atoms with van der Waals surface area (Å²) in [6.07, 6.45) is 7.50. The highest BCUT2D eigenvalue weighted by molar-refractivity contribution is 6.14. The highest BCUT2D eigenvalue weighted by atomic mass is 15.1. The van der Waals surface area contributed by atoms with Gasteiger partial charge in [0.25, 0.3) is 0 Å². The van der Waals surface area contributed by atoms with Gasteiger partial charge in [0, 0.05) is 23.2 Å². The van der Waals surface area contributed by atoms with Crippen LogP contribution in [-0.2, 0) is 12.8 Å². The zero-order valence-electron chi connectivity index (χ0n) is 18.8. The average molecular weight is 447 g/mol. The van der Waals surface area contributed by atoms with Gasteiger partial charge in [-0.05, 0) is 93.1 Å². The zero-order chi connectivity index (χ0) is 22.7. The van der Waals surface area contributed by atoms with Crippen molar-refractivity contribution in [2.24, 2.45) is 0 Å². The molecule has 0 atom stereocenters. The number of hydrogen-bond acceptors (Lipinski definition) is 3. The predicted molar refractivity (Wildman–Crippen MR) is 140 cm³/mol. The summed E-state index contributed by atoms with van der Waals surface area (Å²) in [5.41, 5.74) is 15.1. The second-order valence-corrected chi connectivity index (χ2v) is 9.70. The summed E-state index contributed by atoms with van der Waals surface area (Å²) in [5, 5.41) is 3.54. The van der Waals surface area contributed by atoms with E-state index in [1.807, 2.05) is 30.7 Å². The zero-order valence-corrected chi connectivity index (χ0v) is 18.8. The summed E-state index contributed by atoms with van der Waals surface area (Å²) >= 11 is 0. The van der Waals surface area contributed by atoms with E-state index in [9.17, 15) is 0 Å². The first-order valence-electron chi connectivity index (χ1n) is 12.0. The van der Waals surface area contributed by atoms with Crippen LogP contribution in [0.2, 0.25) is 0 Å². The molecule has 0 unspecified atom stereocenters. The molecule has 0 saturated carbocycles. The summed E-state index contributed by atoms with van der Waals surface area (Å²) in [5.74, 6) is 0. The molecule has 0 radical (unpaired) electrons. The molecule has 35 heavy (non-hydrogen) atoms. The van der Waals surface area contributed by atoms with Crippen LogP contribution in [0.15, 0.2) is 85.3 Å². The Labute approximate surface area is 200 Å². The van der Waals surface area contributed by atoms with E-state index in [1.54, 1.807) is 0 Å². The van der Waals surface area contributed by atoms with E-state index in [2.05, 4.69) is 64.0 Å². The fraction of sp³-hybridized carbons (Fsp3) is 0.0645. The molecule has 0 aliphatic heterocycles. The summed E-state index contributed by atoms with van der Waals surface area (Å²) in [6.45, 7) is 0. The molecule has 0 bridgehead atoms. The summed E-state index contributed by atoms with van der Waals surface area (Å²) in [4.78, 5) is 14.1. The lowest BCUT2D eigenvalue weighted by atomic mass is 9.93. The summed E-state index contributed by atoms with van der Waals surface area (Å²) in [7, 11) is 0. The monoisotopic (exact) mass is 446 g/mol. The Morgan fingerprint density at radius 1 is 0.657 bits per heavy atom. The maximum absolute atomic E-state index is 5.01. The number of hydrogen-bond donors (Lipinski definition) is 0. The Morgan fingerprint density at radius 3 is 2.63 bits per heavy atom. The van der Waals surface area contributed by atoms with Gasteiger partial charge in [-0.15, -0.1) is 0 Å². The van der Waals surface area contributed by atoms with Crippen LogP contribution >= 0.6 is 0 Å². The van der Waals surface area contributed by atoms with Gasteiger partial charge in [0.15, 0.2) is 0 Å². The molecule has 2 aliphatic carbocycles. The molecule has 9 rings (SSSR count). The highest BCUT2D eigenvalue weighted by Crippen LogP contribution is 2.49. The van der Waals surface area contributed by atoms with Crippen molar-refractivity contribution in [3.63, 3.8) is 0 Å². The molecule has 162 valence electrons. The maximum atomic E-state index is 5.01. The first kappa shape index (κ1) is 17.8. The van der Waals surface area contributed by atoms with E-state index in [1.165, 1.54) is 55.3 Å². The van der Waals surface area contributed by atoms with E-state index in [-0.39, 0.29) is 0 Å². The van der Waals surface area contributed by atoms with E-state index < -0.39 is 0 Å². The van der Waals surface area contributed by atoms with Crippen LogP contribution in [0.5, 0.6) is 0 Å². The third kappa shape index (κ3) is 2.15. The number of pyridine rings is 3. The van der Waals surface area contributed by atoms with Crippen LogP contribution in [0, 0.1) is 0 Å². The first-order chi connectivity index (χ1) is 17.3. The van der Waals surface area contributed by atoms with E-state index >= 15 is 0 Å². The van der Waals surface area contributed by atoms with Gasteiger partial charge in [-0.2, -0.15) is 0 Å². The Bertz CT molecular complexity index is 2070. The van der Waals surface area contributed by atoms with Crippen molar-refractivity contribution in [1.29, 1.82) is 0 Å². The molecule has 0 amide bonds. The Hall–Kier alpha value is -4.57. The van der Waals surface area contributed by atoms with E-state index in [0.29, 0.717) is 0 Å². The minimum Gasteiger partial charge on any atom is -0.276 e. The topological polar surface area (TPSA) is 43.1 Å². The van der Waals surface area contributed by atoms with Crippen LogP contribution in [-0.4, -0.2) is 19.4 Å². The van der Waals surface area contributed by atoms with Crippen LogP contribution in [0.25, 0.3) is 60.7 Å². The molecular weight excluding hydrogens is 428 g/mol. The predicted octanol–water partition coefficient (Wildman–Crippen LogP) is 6.73. The third-order valence-corrected chi connectivity index (χ3v) is 7.95. The van der Waals surface area contributed by atoms with Crippen molar-refractivity contribution >= 4 is 38.5 Å². The van der Waals surface area contributed by atoms with Gasteiger partial charge in [0.05, 0.1) is 11.7 Å². The number of rotatable bonds is 0. The first-order valence-corrected chi connectivity index (χ1v) is 12.0. The van der Waals surface area contributed by atoms with Gasteiger partial charge >= 0.3 is 0 Å². The van der Waals surface area contributed by atoms with Gasteiger partial charge in [-0.3, -0.25) is 9.38 Å². The van der Waals surface area contributed by atoms with Gasteiger partial charge in [0.1, 0.15) is 16.8 Å². The molecule has 0 saturated heterocycles. The number of aromatic nitrogens is 4. The highest BCUT2D eigenvalue weighted by Gasteiger charge is 2.29. The largest absolute Gasteiger partial charge is 0.276 e. The van der Waals surface area contributed by atoms with Crippen LogP contribution < -0.4 is 0 Å². The molecule has 4 aromatic heterocycles. The summed E-state index contributed by atoms with van der Waals surface area (Å²) in [6, 6.07) is 24.5. The number of benzene rings is 3. The normalized spacial score (nSPS) is 13.5. The van der Waals surface area contributed by atoms with Crippen molar-refractivity contribution < 1.29 is 0 Å². The molecule has 0 N–H and O–H groups in total.